The highest BCUT2D eigenvalue weighted by atomic mass is 16.6. The maximum absolute atomic E-state index is 12.4. The number of carbonyl (C=O) groups excluding carboxylic acids is 1. The number of anilines is 2. The second-order valence-corrected chi connectivity index (χ2v) is 8.65. The number of aliphatic carboxylic acids is 1. The number of nitrogens with one attached hydrogen (secondary N) is 1. The topological polar surface area (TPSA) is 96.7 Å². The average molecular weight is 463 g/mol. The third kappa shape index (κ3) is 5.57. The number of aromatic nitrogens is 2. The highest BCUT2D eigenvalue weighted by Crippen LogP contribution is 2.28. The molecule has 2 atom stereocenters. The van der Waals surface area contributed by atoms with Crippen LogP contribution in [0.4, 0.5) is 16.3 Å². The lowest BCUT2D eigenvalue weighted by Gasteiger charge is -2.37. The summed E-state index contributed by atoms with van der Waals surface area (Å²) in [4.78, 5) is 25.8. The Morgan fingerprint density at radius 2 is 1.82 bits per heavy atom. The van der Waals surface area contributed by atoms with Crippen LogP contribution in [0.1, 0.15) is 49.8 Å². The smallest absolute Gasteiger partial charge is 0.413 e. The molecule has 2 N–H and O–H groups in total. The summed E-state index contributed by atoms with van der Waals surface area (Å²) in [6, 6.07) is 17.5. The molecular weight excluding hydrogens is 432 g/mol. The minimum atomic E-state index is -0.766. The number of nitrogens with zero attached hydrogens (tertiary/aromatic N) is 3. The van der Waals surface area contributed by atoms with E-state index in [2.05, 4.69) is 15.3 Å². The van der Waals surface area contributed by atoms with Crippen LogP contribution in [-0.4, -0.2) is 39.5 Å². The van der Waals surface area contributed by atoms with Gasteiger partial charge in [-0.2, -0.15) is 0 Å². The van der Waals surface area contributed by atoms with Gasteiger partial charge < -0.3 is 14.7 Å². The van der Waals surface area contributed by atoms with Gasteiger partial charge in [-0.1, -0.05) is 30.3 Å². The summed E-state index contributed by atoms with van der Waals surface area (Å²) >= 11 is 0. The van der Waals surface area contributed by atoms with E-state index in [0.717, 1.165) is 48.3 Å². The number of rotatable bonds is 7. The lowest BCUT2D eigenvalue weighted by atomic mass is 9.98. The lowest BCUT2D eigenvalue weighted by Crippen LogP contribution is -2.40. The van der Waals surface area contributed by atoms with Crippen LogP contribution < -0.4 is 10.2 Å². The fourth-order valence-electron chi connectivity index (χ4n) is 4.35. The number of amides is 1. The summed E-state index contributed by atoms with van der Waals surface area (Å²) in [5.74, 6) is -0.329. The summed E-state index contributed by atoms with van der Waals surface area (Å²) in [6.45, 7) is 4.55. The van der Waals surface area contributed by atoms with Gasteiger partial charge in [-0.3, -0.25) is 10.1 Å². The molecule has 34 heavy (non-hydrogen) atoms. The van der Waals surface area contributed by atoms with Crippen LogP contribution in [0.5, 0.6) is 0 Å². The van der Waals surface area contributed by atoms with Crippen molar-refractivity contribution in [2.24, 2.45) is 0 Å². The number of hydrogen-bond acceptors (Lipinski definition) is 5. The second-order valence-electron chi connectivity index (χ2n) is 8.65. The zero-order chi connectivity index (χ0) is 24.1. The second kappa shape index (κ2) is 10.4. The Bertz CT molecular complexity index is 1130. The highest BCUT2D eigenvalue weighted by Gasteiger charge is 2.25. The fourth-order valence-corrected chi connectivity index (χ4v) is 4.35. The van der Waals surface area contributed by atoms with E-state index in [1.165, 1.54) is 0 Å². The molecule has 1 aromatic heterocycles. The van der Waals surface area contributed by atoms with Gasteiger partial charge in [0, 0.05) is 30.0 Å². The third-order valence-corrected chi connectivity index (χ3v) is 6.15. The van der Waals surface area contributed by atoms with Gasteiger partial charge in [-0.25, -0.2) is 9.48 Å². The Morgan fingerprint density at radius 3 is 2.53 bits per heavy atom. The van der Waals surface area contributed by atoms with Crippen molar-refractivity contribution in [1.82, 2.24) is 9.78 Å². The van der Waals surface area contributed by atoms with Crippen molar-refractivity contribution in [3.8, 4) is 5.69 Å². The standard InChI is InChI=1S/C26H30N4O4/c1-18-17-30(28-25(18)27-26(33)34-19(2)20-8-4-3-5-9-20)22-13-11-21(12-14-22)29-15-7-6-10-23(29)16-24(31)32/h3-5,8-9,11-14,17,19,23H,6-7,10,15-16H2,1-2H3,(H,31,32)(H,27,28,33). The fraction of sp³-hybridized carbons (Fsp3) is 0.346. The number of hydrogen-bond donors (Lipinski definition) is 2. The number of piperidine rings is 1. The van der Waals surface area contributed by atoms with E-state index in [1.54, 1.807) is 4.68 Å². The zero-order valence-corrected chi connectivity index (χ0v) is 19.5. The molecule has 3 aromatic rings. The summed E-state index contributed by atoms with van der Waals surface area (Å²) in [7, 11) is 0. The molecule has 1 saturated heterocycles. The summed E-state index contributed by atoms with van der Waals surface area (Å²) in [5, 5.41) is 16.5. The first-order valence-electron chi connectivity index (χ1n) is 11.6. The van der Waals surface area contributed by atoms with E-state index in [0.29, 0.717) is 5.82 Å². The molecule has 2 unspecified atom stereocenters. The van der Waals surface area contributed by atoms with E-state index in [-0.39, 0.29) is 18.6 Å². The molecule has 0 spiro atoms. The van der Waals surface area contributed by atoms with Gasteiger partial charge in [0.05, 0.1) is 12.1 Å². The van der Waals surface area contributed by atoms with Gasteiger partial charge in [0.1, 0.15) is 6.10 Å². The van der Waals surface area contributed by atoms with Crippen molar-refractivity contribution in [3.05, 3.63) is 71.9 Å². The molecule has 0 saturated carbocycles. The summed E-state index contributed by atoms with van der Waals surface area (Å²) in [5.41, 5.74) is 3.58. The van der Waals surface area contributed by atoms with Crippen molar-refractivity contribution in [2.75, 3.05) is 16.8 Å². The molecule has 0 aliphatic carbocycles. The Hall–Kier alpha value is -3.81. The summed E-state index contributed by atoms with van der Waals surface area (Å²) in [6.07, 6.45) is 4.06. The molecule has 1 fully saturated rings. The van der Waals surface area contributed by atoms with E-state index in [9.17, 15) is 14.7 Å². The van der Waals surface area contributed by atoms with Gasteiger partial charge in [-0.05, 0) is 62.9 Å². The number of ether oxygens (including phenoxy) is 1. The Morgan fingerprint density at radius 1 is 1.12 bits per heavy atom. The Kier molecular flexibility index (Phi) is 7.15. The zero-order valence-electron chi connectivity index (χ0n) is 19.5. The Labute approximate surface area is 199 Å². The van der Waals surface area contributed by atoms with Crippen LogP contribution in [0.3, 0.4) is 0 Å². The van der Waals surface area contributed by atoms with E-state index in [4.69, 9.17) is 4.74 Å². The molecule has 2 heterocycles. The van der Waals surface area contributed by atoms with Gasteiger partial charge in [0.25, 0.3) is 0 Å². The summed E-state index contributed by atoms with van der Waals surface area (Å²) < 4.78 is 7.19. The predicted octanol–water partition coefficient (Wildman–Crippen LogP) is 5.32. The minimum Gasteiger partial charge on any atom is -0.481 e. The van der Waals surface area contributed by atoms with E-state index >= 15 is 0 Å². The van der Waals surface area contributed by atoms with Crippen molar-refractivity contribution in [1.29, 1.82) is 0 Å². The SMILES string of the molecule is Cc1cn(-c2ccc(N3CCCCC3CC(=O)O)cc2)nc1NC(=O)OC(C)c1ccccc1. The number of benzene rings is 2. The van der Waals surface area contributed by atoms with Gasteiger partial charge >= 0.3 is 12.1 Å². The Balaban J connectivity index is 1.42. The molecule has 2 aromatic carbocycles. The van der Waals surface area contributed by atoms with Crippen LogP contribution in [0.2, 0.25) is 0 Å². The van der Waals surface area contributed by atoms with E-state index in [1.807, 2.05) is 74.6 Å². The number of aryl methyl sites for hydroxylation is 1. The molecule has 1 aliphatic heterocycles. The van der Waals surface area contributed by atoms with Crippen LogP contribution in [0, 0.1) is 6.92 Å². The number of carboxylic acid groups (broad SMARTS) is 1. The minimum absolute atomic E-state index is 0.0177. The van der Waals surface area contributed by atoms with Gasteiger partial charge in [0.15, 0.2) is 5.82 Å². The van der Waals surface area contributed by atoms with Crippen molar-refractivity contribution >= 4 is 23.6 Å². The molecule has 0 bridgehead atoms. The highest BCUT2D eigenvalue weighted by molar-refractivity contribution is 5.84. The molecular formula is C26H30N4O4. The van der Waals surface area contributed by atoms with E-state index < -0.39 is 12.1 Å². The maximum Gasteiger partial charge on any atom is 0.413 e. The molecule has 8 nitrogen and oxygen atoms in total. The predicted molar refractivity (Wildman–Crippen MR) is 130 cm³/mol. The molecule has 0 radical (unpaired) electrons. The molecule has 1 aliphatic rings. The quantitative estimate of drug-likeness (QED) is 0.493. The van der Waals surface area contributed by atoms with Crippen LogP contribution in [0.15, 0.2) is 60.8 Å². The largest absolute Gasteiger partial charge is 0.481 e. The molecule has 4 rings (SSSR count). The monoisotopic (exact) mass is 462 g/mol. The normalized spacial score (nSPS) is 16.6. The first-order valence-corrected chi connectivity index (χ1v) is 11.6. The maximum atomic E-state index is 12.4. The third-order valence-electron chi connectivity index (χ3n) is 6.15. The number of carboxylic acids is 1. The average Bonchev–Trinajstić information content (AvgIpc) is 3.19. The lowest BCUT2D eigenvalue weighted by molar-refractivity contribution is -0.137. The van der Waals surface area contributed by atoms with Gasteiger partial charge in [-0.15, -0.1) is 5.10 Å². The van der Waals surface area contributed by atoms with Crippen molar-refractivity contribution in [3.63, 3.8) is 0 Å². The van der Waals surface area contributed by atoms with Crippen LogP contribution in [-0.2, 0) is 9.53 Å². The van der Waals surface area contributed by atoms with Crippen molar-refractivity contribution in [2.45, 2.75) is 51.7 Å². The molecule has 1 amide bonds. The first-order chi connectivity index (χ1) is 16.4. The van der Waals surface area contributed by atoms with Crippen LogP contribution in [0.25, 0.3) is 5.69 Å². The first kappa shape index (κ1) is 23.4. The van der Waals surface area contributed by atoms with Crippen molar-refractivity contribution < 1.29 is 19.4 Å². The number of carbonyl (C=O) groups is 2. The molecule has 8 heteroatoms. The van der Waals surface area contributed by atoms with Crippen LogP contribution >= 0.6 is 0 Å². The molecule has 178 valence electrons. The van der Waals surface area contributed by atoms with Gasteiger partial charge in [0.2, 0.25) is 0 Å².